The van der Waals surface area contributed by atoms with Gasteiger partial charge in [-0.25, -0.2) is 0 Å². The van der Waals surface area contributed by atoms with E-state index < -0.39 is 0 Å². The van der Waals surface area contributed by atoms with E-state index in [-0.39, 0.29) is 11.5 Å². The van der Waals surface area contributed by atoms with Gasteiger partial charge in [0.2, 0.25) is 0 Å². The smallest absolute Gasteiger partial charge is 0.161 e. The zero-order valence-electron chi connectivity index (χ0n) is 15.4. The summed E-state index contributed by atoms with van der Waals surface area (Å²) in [4.78, 5) is 0. The largest absolute Gasteiger partial charge is 0.504 e. The fourth-order valence-electron chi connectivity index (χ4n) is 2.53. The van der Waals surface area contributed by atoms with Crippen LogP contribution >= 0.6 is 0 Å². The van der Waals surface area contributed by atoms with Crippen molar-refractivity contribution in [2.24, 2.45) is 0 Å². The summed E-state index contributed by atoms with van der Waals surface area (Å²) in [6, 6.07) is 10.7. The van der Waals surface area contributed by atoms with Gasteiger partial charge in [0.15, 0.2) is 23.0 Å². The third-order valence-corrected chi connectivity index (χ3v) is 3.86. The maximum atomic E-state index is 10.1. The standard InChI is InChI=1S/C22H26O5/c1-3-7-17-9-5-11-19(21(17)23)26-15-13-25-14-16-27-20-12-6-10-18(8-4-2)22(20)24/h3-6,9-12,23-24H,1-2,7-8,13-16H2. The molecule has 5 heteroatoms. The van der Waals surface area contributed by atoms with Crippen molar-refractivity contribution in [1.29, 1.82) is 0 Å². The van der Waals surface area contributed by atoms with Crippen LogP contribution in [0, 0.1) is 0 Å². The fourth-order valence-corrected chi connectivity index (χ4v) is 2.53. The molecule has 2 rings (SSSR count). The van der Waals surface area contributed by atoms with Crippen molar-refractivity contribution in [2.75, 3.05) is 26.4 Å². The van der Waals surface area contributed by atoms with Crippen molar-refractivity contribution in [3.8, 4) is 23.0 Å². The number of hydrogen-bond donors (Lipinski definition) is 2. The van der Waals surface area contributed by atoms with Crippen molar-refractivity contribution in [3.05, 3.63) is 72.8 Å². The van der Waals surface area contributed by atoms with Crippen LogP contribution in [0.25, 0.3) is 0 Å². The fraction of sp³-hybridized carbons (Fsp3) is 0.273. The predicted octanol–water partition coefficient (Wildman–Crippen LogP) is 4.03. The molecule has 0 fully saturated rings. The number of benzene rings is 2. The summed E-state index contributed by atoms with van der Waals surface area (Å²) in [6.45, 7) is 8.67. The lowest BCUT2D eigenvalue weighted by Crippen LogP contribution is -2.12. The van der Waals surface area contributed by atoms with Gasteiger partial charge in [-0.15, -0.1) is 13.2 Å². The Labute approximate surface area is 160 Å². The van der Waals surface area contributed by atoms with Crippen molar-refractivity contribution in [1.82, 2.24) is 0 Å². The second-order valence-corrected chi connectivity index (χ2v) is 5.82. The average molecular weight is 370 g/mol. The van der Waals surface area contributed by atoms with Crippen LogP contribution in [0.5, 0.6) is 23.0 Å². The zero-order chi connectivity index (χ0) is 19.5. The van der Waals surface area contributed by atoms with Crippen LogP contribution in [0.4, 0.5) is 0 Å². The van der Waals surface area contributed by atoms with Crippen molar-refractivity contribution >= 4 is 0 Å². The van der Waals surface area contributed by atoms with Crippen LogP contribution in [0.15, 0.2) is 61.7 Å². The van der Waals surface area contributed by atoms with Gasteiger partial charge in [-0.3, -0.25) is 0 Å². The number of rotatable bonds is 12. The molecule has 2 N–H and O–H groups in total. The molecule has 0 unspecified atom stereocenters. The maximum absolute atomic E-state index is 10.1. The third kappa shape index (κ3) is 6.08. The molecule has 0 atom stereocenters. The quantitative estimate of drug-likeness (QED) is 0.436. The molecule has 0 saturated heterocycles. The van der Waals surface area contributed by atoms with Gasteiger partial charge in [0, 0.05) is 11.1 Å². The third-order valence-electron chi connectivity index (χ3n) is 3.86. The van der Waals surface area contributed by atoms with Crippen LogP contribution in [0.3, 0.4) is 0 Å². The minimum atomic E-state index is 0.135. The first-order valence-electron chi connectivity index (χ1n) is 8.84. The van der Waals surface area contributed by atoms with Gasteiger partial charge in [-0.05, 0) is 25.0 Å². The Morgan fingerprint density at radius 3 is 1.56 bits per heavy atom. The van der Waals surface area contributed by atoms with E-state index in [4.69, 9.17) is 14.2 Å². The molecule has 0 saturated carbocycles. The van der Waals surface area contributed by atoms with E-state index in [1.54, 1.807) is 24.3 Å². The molecule has 144 valence electrons. The molecule has 5 nitrogen and oxygen atoms in total. The number of aromatic hydroxyl groups is 2. The first-order valence-corrected chi connectivity index (χ1v) is 8.84. The number of ether oxygens (including phenoxy) is 3. The van der Waals surface area contributed by atoms with E-state index in [1.807, 2.05) is 24.3 Å². The van der Waals surface area contributed by atoms with Crippen LogP contribution in [-0.4, -0.2) is 36.6 Å². The SMILES string of the molecule is C=CCc1cccc(OCCOCCOc2cccc(CC=C)c2O)c1O. The molecule has 2 aromatic carbocycles. The summed E-state index contributed by atoms with van der Waals surface area (Å²) >= 11 is 0. The van der Waals surface area contributed by atoms with Crippen LogP contribution < -0.4 is 9.47 Å². The first kappa shape index (κ1) is 20.4. The number of para-hydroxylation sites is 2. The topological polar surface area (TPSA) is 68.2 Å². The van der Waals surface area contributed by atoms with Gasteiger partial charge in [0.25, 0.3) is 0 Å². The summed E-state index contributed by atoms with van der Waals surface area (Å²) in [5, 5.41) is 20.2. The predicted molar refractivity (Wildman–Crippen MR) is 106 cm³/mol. The van der Waals surface area contributed by atoms with Crippen LogP contribution in [0.2, 0.25) is 0 Å². The molecule has 0 amide bonds. The highest BCUT2D eigenvalue weighted by Crippen LogP contribution is 2.31. The van der Waals surface area contributed by atoms with E-state index in [0.29, 0.717) is 50.8 Å². The van der Waals surface area contributed by atoms with Crippen molar-refractivity contribution in [3.63, 3.8) is 0 Å². The van der Waals surface area contributed by atoms with Gasteiger partial charge in [-0.2, -0.15) is 0 Å². The molecular formula is C22H26O5. The van der Waals surface area contributed by atoms with E-state index >= 15 is 0 Å². The second-order valence-electron chi connectivity index (χ2n) is 5.82. The van der Waals surface area contributed by atoms with Gasteiger partial charge < -0.3 is 24.4 Å². The summed E-state index contributed by atoms with van der Waals surface area (Å²) < 4.78 is 16.6. The number of phenols is 2. The summed E-state index contributed by atoms with van der Waals surface area (Å²) in [5.74, 6) is 1.13. The molecule has 0 heterocycles. The molecule has 27 heavy (non-hydrogen) atoms. The normalized spacial score (nSPS) is 10.4. The summed E-state index contributed by atoms with van der Waals surface area (Å²) in [7, 11) is 0. The van der Waals surface area contributed by atoms with Crippen molar-refractivity contribution in [2.45, 2.75) is 12.8 Å². The highest BCUT2D eigenvalue weighted by molar-refractivity contribution is 5.46. The highest BCUT2D eigenvalue weighted by Gasteiger charge is 2.08. The number of allylic oxidation sites excluding steroid dienone is 2. The van der Waals surface area contributed by atoms with Gasteiger partial charge in [0.1, 0.15) is 13.2 Å². The lowest BCUT2D eigenvalue weighted by Gasteiger charge is -2.12. The molecule has 0 radical (unpaired) electrons. The van der Waals surface area contributed by atoms with Crippen molar-refractivity contribution < 1.29 is 24.4 Å². The molecule has 0 aromatic heterocycles. The average Bonchev–Trinajstić information content (AvgIpc) is 2.67. The van der Waals surface area contributed by atoms with E-state index in [9.17, 15) is 10.2 Å². The lowest BCUT2D eigenvalue weighted by atomic mass is 10.1. The monoisotopic (exact) mass is 370 g/mol. The first-order chi connectivity index (χ1) is 13.2. The highest BCUT2D eigenvalue weighted by atomic mass is 16.5. The Hall–Kier alpha value is -2.92. The molecule has 0 aliphatic carbocycles. The van der Waals surface area contributed by atoms with Gasteiger partial charge in [-0.1, -0.05) is 36.4 Å². The van der Waals surface area contributed by atoms with Gasteiger partial charge in [0.05, 0.1) is 13.2 Å². The molecule has 0 aliphatic heterocycles. The van der Waals surface area contributed by atoms with Crippen LogP contribution in [-0.2, 0) is 17.6 Å². The molecule has 0 aliphatic rings. The lowest BCUT2D eigenvalue weighted by molar-refractivity contribution is 0.0750. The number of phenolic OH excluding ortho intramolecular Hbond substituents is 2. The Morgan fingerprint density at radius 1 is 0.704 bits per heavy atom. The van der Waals surface area contributed by atoms with E-state index in [0.717, 1.165) is 11.1 Å². The molecule has 0 bridgehead atoms. The van der Waals surface area contributed by atoms with E-state index in [2.05, 4.69) is 13.2 Å². The Kier molecular flexibility index (Phi) is 8.26. The van der Waals surface area contributed by atoms with Gasteiger partial charge >= 0.3 is 0 Å². The maximum Gasteiger partial charge on any atom is 0.161 e. The second kappa shape index (κ2) is 10.9. The zero-order valence-corrected chi connectivity index (χ0v) is 15.4. The van der Waals surface area contributed by atoms with Crippen LogP contribution in [0.1, 0.15) is 11.1 Å². The Morgan fingerprint density at radius 2 is 1.15 bits per heavy atom. The molecular weight excluding hydrogens is 344 g/mol. The minimum absolute atomic E-state index is 0.135. The minimum Gasteiger partial charge on any atom is -0.504 e. The number of hydrogen-bond acceptors (Lipinski definition) is 5. The van der Waals surface area contributed by atoms with E-state index in [1.165, 1.54) is 0 Å². The summed E-state index contributed by atoms with van der Waals surface area (Å²) in [5.41, 5.74) is 1.55. The molecule has 0 spiro atoms. The summed E-state index contributed by atoms with van der Waals surface area (Å²) in [6.07, 6.45) is 4.62. The Bertz CT molecular complexity index is 691. The molecule has 2 aromatic rings. The Balaban J connectivity index is 1.68.